The molecule has 0 amide bonds. The van der Waals surface area contributed by atoms with Crippen LogP contribution in [0.5, 0.6) is 5.75 Å². The third-order valence-corrected chi connectivity index (χ3v) is 6.65. The van der Waals surface area contributed by atoms with Crippen LogP contribution in [0.1, 0.15) is 52.4 Å². The molecule has 1 saturated heterocycles. The number of piperidine rings is 1. The quantitative estimate of drug-likeness (QED) is 0.533. The third kappa shape index (κ3) is 5.12. The fourth-order valence-corrected chi connectivity index (χ4v) is 4.99. The van der Waals surface area contributed by atoms with Gasteiger partial charge in [0.1, 0.15) is 11.6 Å². The van der Waals surface area contributed by atoms with Crippen molar-refractivity contribution < 1.29 is 4.74 Å². The van der Waals surface area contributed by atoms with E-state index in [0.717, 1.165) is 35.9 Å². The molecule has 0 bridgehead atoms. The van der Waals surface area contributed by atoms with Gasteiger partial charge < -0.3 is 15.4 Å². The lowest BCUT2D eigenvalue weighted by Crippen LogP contribution is -2.46. The maximum atomic E-state index is 13.6. The first-order valence-corrected chi connectivity index (χ1v) is 12.2. The van der Waals surface area contributed by atoms with Gasteiger partial charge in [0, 0.05) is 6.04 Å². The molecule has 176 valence electrons. The van der Waals surface area contributed by atoms with Gasteiger partial charge in [0.2, 0.25) is 0 Å². The molecule has 1 aliphatic heterocycles. The van der Waals surface area contributed by atoms with Crippen molar-refractivity contribution >= 4 is 10.9 Å². The van der Waals surface area contributed by atoms with Crippen molar-refractivity contribution in [2.45, 2.75) is 52.6 Å². The van der Waals surface area contributed by atoms with E-state index in [1.807, 2.05) is 55.5 Å². The first-order valence-electron chi connectivity index (χ1n) is 12.2. The van der Waals surface area contributed by atoms with E-state index in [4.69, 9.17) is 9.72 Å². The Morgan fingerprint density at radius 2 is 1.79 bits per heavy atom. The van der Waals surface area contributed by atoms with Crippen LogP contribution in [0.4, 0.5) is 0 Å². The lowest BCUT2D eigenvalue weighted by atomic mass is 9.83. The molecule has 6 heteroatoms. The molecule has 33 heavy (non-hydrogen) atoms. The van der Waals surface area contributed by atoms with Crippen LogP contribution < -0.4 is 20.9 Å². The van der Waals surface area contributed by atoms with Crippen LogP contribution in [0.15, 0.2) is 53.3 Å². The van der Waals surface area contributed by atoms with Crippen LogP contribution in [0, 0.1) is 11.8 Å². The Hall–Kier alpha value is -2.70. The highest BCUT2D eigenvalue weighted by Crippen LogP contribution is 2.26. The number of fused-ring (bicyclic) bond motifs is 1. The zero-order chi connectivity index (χ0) is 23.4. The zero-order valence-electron chi connectivity index (χ0n) is 20.2. The molecule has 2 N–H and O–H groups in total. The minimum absolute atomic E-state index is 0.0450. The number of para-hydroxylation sites is 1. The van der Waals surface area contributed by atoms with Gasteiger partial charge in [0.05, 0.1) is 29.2 Å². The van der Waals surface area contributed by atoms with Crippen LogP contribution in [0.25, 0.3) is 16.6 Å². The standard InChI is InChI=1S/C27H36N4O2/c1-5-33-22-12-10-21(11-13-22)31-26(30-24-9-7-6-8-23(24)27(31)32)19(4)29-25(18(2)3)20-14-16-28-17-15-20/h6-13,18-20,25,28-29H,5,14-17H2,1-4H3. The van der Waals surface area contributed by atoms with Crippen molar-refractivity contribution in [2.75, 3.05) is 19.7 Å². The Bertz CT molecular complexity index is 1120. The summed E-state index contributed by atoms with van der Waals surface area (Å²) in [7, 11) is 0. The molecule has 4 rings (SSSR count). The average molecular weight is 449 g/mol. The molecule has 1 aromatic heterocycles. The lowest BCUT2D eigenvalue weighted by Gasteiger charge is -2.36. The van der Waals surface area contributed by atoms with Crippen molar-refractivity contribution in [1.29, 1.82) is 0 Å². The van der Waals surface area contributed by atoms with Gasteiger partial charge in [-0.1, -0.05) is 26.0 Å². The van der Waals surface area contributed by atoms with Crippen molar-refractivity contribution in [1.82, 2.24) is 20.2 Å². The van der Waals surface area contributed by atoms with Gasteiger partial charge in [-0.05, 0) is 88.0 Å². The number of nitrogens with one attached hydrogen (secondary N) is 2. The van der Waals surface area contributed by atoms with E-state index < -0.39 is 0 Å². The highest BCUT2D eigenvalue weighted by molar-refractivity contribution is 5.77. The summed E-state index contributed by atoms with van der Waals surface area (Å²) in [6, 6.07) is 15.6. The first kappa shape index (κ1) is 23.5. The van der Waals surface area contributed by atoms with Gasteiger partial charge in [0.15, 0.2) is 0 Å². The number of hydrogen-bond acceptors (Lipinski definition) is 5. The molecule has 2 atom stereocenters. The molecule has 3 aromatic rings. The highest BCUT2D eigenvalue weighted by Gasteiger charge is 2.29. The Morgan fingerprint density at radius 1 is 1.09 bits per heavy atom. The van der Waals surface area contributed by atoms with Crippen molar-refractivity contribution in [3.8, 4) is 11.4 Å². The van der Waals surface area contributed by atoms with E-state index in [2.05, 4.69) is 31.4 Å². The summed E-state index contributed by atoms with van der Waals surface area (Å²) in [5.74, 6) is 2.63. The minimum Gasteiger partial charge on any atom is -0.494 e. The highest BCUT2D eigenvalue weighted by atomic mass is 16.5. The Kier molecular flexibility index (Phi) is 7.46. The molecule has 1 aliphatic rings. The summed E-state index contributed by atoms with van der Waals surface area (Å²) >= 11 is 0. The van der Waals surface area contributed by atoms with Crippen molar-refractivity contribution in [3.63, 3.8) is 0 Å². The Morgan fingerprint density at radius 3 is 2.45 bits per heavy atom. The van der Waals surface area contributed by atoms with Crippen LogP contribution in [0.2, 0.25) is 0 Å². The van der Waals surface area contributed by atoms with Gasteiger partial charge in [-0.3, -0.25) is 9.36 Å². The number of benzene rings is 2. The topological polar surface area (TPSA) is 68.2 Å². The van der Waals surface area contributed by atoms with Gasteiger partial charge in [-0.2, -0.15) is 0 Å². The monoisotopic (exact) mass is 448 g/mol. The molecule has 6 nitrogen and oxygen atoms in total. The van der Waals surface area contributed by atoms with Gasteiger partial charge >= 0.3 is 0 Å². The summed E-state index contributed by atoms with van der Waals surface area (Å²) in [5, 5.41) is 7.96. The molecule has 0 radical (unpaired) electrons. The molecular formula is C27H36N4O2. The second kappa shape index (κ2) is 10.5. The normalized spacial score (nSPS) is 16.8. The maximum absolute atomic E-state index is 13.6. The fraction of sp³-hybridized carbons (Fsp3) is 0.481. The molecule has 2 unspecified atom stereocenters. The van der Waals surface area contributed by atoms with Crippen molar-refractivity contribution in [3.05, 3.63) is 64.7 Å². The van der Waals surface area contributed by atoms with Gasteiger partial charge in [-0.25, -0.2) is 4.98 Å². The van der Waals surface area contributed by atoms with Crippen LogP contribution >= 0.6 is 0 Å². The van der Waals surface area contributed by atoms with E-state index >= 15 is 0 Å². The zero-order valence-corrected chi connectivity index (χ0v) is 20.2. The second-order valence-corrected chi connectivity index (χ2v) is 9.30. The smallest absolute Gasteiger partial charge is 0.266 e. The first-order chi connectivity index (χ1) is 16.0. The average Bonchev–Trinajstić information content (AvgIpc) is 2.83. The predicted octanol–water partition coefficient (Wildman–Crippen LogP) is 4.46. The SMILES string of the molecule is CCOc1ccc(-n2c(C(C)NC(C(C)C)C3CCNCC3)nc3ccccc3c2=O)cc1. The minimum atomic E-state index is -0.0869. The van der Waals surface area contributed by atoms with Crippen LogP contribution in [-0.4, -0.2) is 35.3 Å². The molecule has 0 spiro atoms. The van der Waals surface area contributed by atoms with E-state index in [0.29, 0.717) is 29.9 Å². The molecule has 0 aliphatic carbocycles. The predicted molar refractivity (Wildman–Crippen MR) is 134 cm³/mol. The number of aromatic nitrogens is 2. The number of nitrogens with zero attached hydrogens (tertiary/aromatic N) is 2. The van der Waals surface area contributed by atoms with Gasteiger partial charge in [-0.15, -0.1) is 0 Å². The Balaban J connectivity index is 1.76. The number of rotatable bonds is 8. The van der Waals surface area contributed by atoms with Crippen molar-refractivity contribution in [2.24, 2.45) is 11.8 Å². The third-order valence-electron chi connectivity index (χ3n) is 6.65. The summed E-state index contributed by atoms with van der Waals surface area (Å²) in [5.41, 5.74) is 1.49. The van der Waals surface area contributed by atoms with E-state index in [1.54, 1.807) is 4.57 Å². The summed E-state index contributed by atoms with van der Waals surface area (Å²) < 4.78 is 7.36. The maximum Gasteiger partial charge on any atom is 0.266 e. The Labute approximate surface area is 196 Å². The largest absolute Gasteiger partial charge is 0.494 e. The van der Waals surface area contributed by atoms with E-state index in [9.17, 15) is 4.79 Å². The van der Waals surface area contributed by atoms with E-state index in [1.165, 1.54) is 12.8 Å². The molecule has 0 saturated carbocycles. The summed E-state index contributed by atoms with van der Waals surface area (Å²) in [4.78, 5) is 18.6. The molecule has 2 heterocycles. The number of ether oxygens (including phenoxy) is 1. The lowest BCUT2D eigenvalue weighted by molar-refractivity contribution is 0.215. The number of hydrogen-bond donors (Lipinski definition) is 2. The van der Waals surface area contributed by atoms with Crippen LogP contribution in [-0.2, 0) is 0 Å². The van der Waals surface area contributed by atoms with Crippen LogP contribution in [0.3, 0.4) is 0 Å². The van der Waals surface area contributed by atoms with Gasteiger partial charge in [0.25, 0.3) is 5.56 Å². The summed E-state index contributed by atoms with van der Waals surface area (Å²) in [6.45, 7) is 11.4. The fourth-order valence-electron chi connectivity index (χ4n) is 4.99. The molecular weight excluding hydrogens is 412 g/mol. The van der Waals surface area contributed by atoms with E-state index in [-0.39, 0.29) is 11.6 Å². The summed E-state index contributed by atoms with van der Waals surface area (Å²) in [6.07, 6.45) is 2.33. The molecule has 1 fully saturated rings. The molecule has 2 aromatic carbocycles. The second-order valence-electron chi connectivity index (χ2n) is 9.30.